The van der Waals surface area contributed by atoms with E-state index in [9.17, 15) is 0 Å². The van der Waals surface area contributed by atoms with E-state index in [1.807, 2.05) is 12.1 Å². The van der Waals surface area contributed by atoms with Crippen LogP contribution in [0.4, 0.5) is 0 Å². The molecule has 1 saturated heterocycles. The molecule has 1 atom stereocenters. The first-order valence-corrected chi connectivity index (χ1v) is 10.2. The van der Waals surface area contributed by atoms with E-state index in [1.165, 1.54) is 49.1 Å². The van der Waals surface area contributed by atoms with Crippen LogP contribution in [-0.4, -0.2) is 31.1 Å². The summed E-state index contributed by atoms with van der Waals surface area (Å²) < 4.78 is 12.3. The Balaban J connectivity index is 1.38. The number of piperidine rings is 1. The lowest BCUT2D eigenvalue weighted by molar-refractivity contribution is 0.183. The van der Waals surface area contributed by atoms with Gasteiger partial charge >= 0.3 is 0 Å². The molecule has 27 heavy (non-hydrogen) atoms. The van der Waals surface area contributed by atoms with Crippen molar-refractivity contribution in [2.75, 3.05) is 26.2 Å². The maximum Gasteiger partial charge on any atom is 0.145 e. The minimum atomic E-state index is -0.00713. The van der Waals surface area contributed by atoms with Crippen molar-refractivity contribution in [3.63, 3.8) is 0 Å². The van der Waals surface area contributed by atoms with Gasteiger partial charge in [-0.05, 0) is 67.8 Å². The van der Waals surface area contributed by atoms with Crippen LogP contribution < -0.4 is 9.47 Å². The predicted octanol–water partition coefficient (Wildman–Crippen LogP) is 5.48. The molecule has 0 radical (unpaired) electrons. The van der Waals surface area contributed by atoms with Crippen LogP contribution in [0.1, 0.15) is 49.8 Å². The normalized spacial score (nSPS) is 19.7. The molecule has 0 N–H and O–H groups in total. The predicted molar refractivity (Wildman–Crippen MR) is 110 cm³/mol. The molecule has 142 valence electrons. The summed E-state index contributed by atoms with van der Waals surface area (Å²) in [6, 6.07) is 16.7. The fourth-order valence-corrected chi connectivity index (χ4v) is 3.97. The molecule has 4 rings (SSSR count). The SMILES string of the molecule is CCC1=Cc2ccccc2OC1c1ccc(OCCN2CCCCC2)cc1. The van der Waals surface area contributed by atoms with Gasteiger partial charge in [-0.1, -0.05) is 43.7 Å². The van der Waals surface area contributed by atoms with Gasteiger partial charge in [-0.2, -0.15) is 0 Å². The monoisotopic (exact) mass is 363 g/mol. The molecular formula is C24H29NO2. The molecule has 1 fully saturated rings. The molecule has 3 heteroatoms. The standard InChI is InChI=1S/C24H29NO2/c1-2-19-18-21-8-4-5-9-23(21)27-24(19)20-10-12-22(13-11-20)26-17-16-25-14-6-3-7-15-25/h4-5,8-13,18,24H,2-3,6-7,14-17H2,1H3. The van der Waals surface area contributed by atoms with Crippen LogP contribution in [-0.2, 0) is 0 Å². The zero-order valence-corrected chi connectivity index (χ0v) is 16.2. The fraction of sp³-hybridized carbons (Fsp3) is 0.417. The molecule has 2 aromatic rings. The van der Waals surface area contributed by atoms with E-state index in [0.717, 1.165) is 31.1 Å². The molecule has 0 spiro atoms. The van der Waals surface area contributed by atoms with Gasteiger partial charge in [-0.15, -0.1) is 0 Å². The number of ether oxygens (including phenoxy) is 2. The summed E-state index contributed by atoms with van der Waals surface area (Å²) in [4.78, 5) is 2.50. The van der Waals surface area contributed by atoms with Gasteiger partial charge in [0, 0.05) is 12.1 Å². The zero-order chi connectivity index (χ0) is 18.5. The maximum atomic E-state index is 6.31. The summed E-state index contributed by atoms with van der Waals surface area (Å²) in [5.74, 6) is 1.90. The number of rotatable bonds is 6. The van der Waals surface area contributed by atoms with Gasteiger partial charge in [0.2, 0.25) is 0 Å². The third-order valence-electron chi connectivity index (χ3n) is 5.56. The molecule has 2 aliphatic heterocycles. The summed E-state index contributed by atoms with van der Waals surface area (Å²) in [6.07, 6.45) is 7.27. The van der Waals surface area contributed by atoms with Crippen molar-refractivity contribution in [1.82, 2.24) is 4.90 Å². The molecule has 0 bridgehead atoms. The Hall–Kier alpha value is -2.26. The molecule has 3 nitrogen and oxygen atoms in total. The lowest BCUT2D eigenvalue weighted by atomic mass is 9.94. The summed E-state index contributed by atoms with van der Waals surface area (Å²) in [5.41, 5.74) is 3.66. The maximum absolute atomic E-state index is 6.31. The van der Waals surface area contributed by atoms with Crippen molar-refractivity contribution in [3.05, 3.63) is 65.2 Å². The van der Waals surface area contributed by atoms with Crippen LogP contribution in [0.2, 0.25) is 0 Å². The van der Waals surface area contributed by atoms with Gasteiger partial charge in [0.1, 0.15) is 24.2 Å². The summed E-state index contributed by atoms with van der Waals surface area (Å²) in [6.45, 7) is 6.40. The Morgan fingerprint density at radius 3 is 2.56 bits per heavy atom. The Labute approximate surface area is 162 Å². The summed E-state index contributed by atoms with van der Waals surface area (Å²) in [7, 11) is 0. The van der Waals surface area contributed by atoms with Crippen molar-refractivity contribution in [3.8, 4) is 11.5 Å². The molecule has 2 heterocycles. The fourth-order valence-electron chi connectivity index (χ4n) is 3.97. The highest BCUT2D eigenvalue weighted by atomic mass is 16.5. The highest BCUT2D eigenvalue weighted by molar-refractivity contribution is 5.63. The minimum absolute atomic E-state index is 0.00713. The lowest BCUT2D eigenvalue weighted by Gasteiger charge is -2.27. The topological polar surface area (TPSA) is 21.7 Å². The molecule has 2 aromatic carbocycles. The zero-order valence-electron chi connectivity index (χ0n) is 16.2. The molecule has 0 saturated carbocycles. The van der Waals surface area contributed by atoms with Crippen LogP contribution in [0, 0.1) is 0 Å². The molecule has 0 aromatic heterocycles. The van der Waals surface area contributed by atoms with Gasteiger partial charge in [-0.25, -0.2) is 0 Å². The van der Waals surface area contributed by atoms with Crippen LogP contribution in [0.3, 0.4) is 0 Å². The Morgan fingerprint density at radius 1 is 1.00 bits per heavy atom. The number of fused-ring (bicyclic) bond motifs is 1. The number of hydrogen-bond donors (Lipinski definition) is 0. The average molecular weight is 364 g/mol. The summed E-state index contributed by atoms with van der Waals surface area (Å²) in [5, 5.41) is 0. The highest BCUT2D eigenvalue weighted by Crippen LogP contribution is 2.38. The van der Waals surface area contributed by atoms with E-state index in [4.69, 9.17) is 9.47 Å². The van der Waals surface area contributed by atoms with E-state index >= 15 is 0 Å². The molecule has 0 aliphatic carbocycles. The Bertz CT molecular complexity index is 775. The Kier molecular flexibility index (Phi) is 5.78. The smallest absolute Gasteiger partial charge is 0.145 e. The first-order valence-electron chi connectivity index (χ1n) is 10.2. The molecule has 2 aliphatic rings. The van der Waals surface area contributed by atoms with Crippen LogP contribution in [0.15, 0.2) is 54.1 Å². The van der Waals surface area contributed by atoms with Crippen LogP contribution >= 0.6 is 0 Å². The van der Waals surface area contributed by atoms with Gasteiger partial charge < -0.3 is 9.47 Å². The molecule has 1 unspecified atom stereocenters. The lowest BCUT2D eigenvalue weighted by Crippen LogP contribution is -2.33. The third kappa shape index (κ3) is 4.36. The van der Waals surface area contributed by atoms with E-state index in [1.54, 1.807) is 0 Å². The number of hydrogen-bond acceptors (Lipinski definition) is 3. The van der Waals surface area contributed by atoms with E-state index < -0.39 is 0 Å². The number of para-hydroxylation sites is 1. The van der Waals surface area contributed by atoms with Crippen molar-refractivity contribution in [2.45, 2.75) is 38.7 Å². The van der Waals surface area contributed by atoms with Gasteiger partial charge in [0.15, 0.2) is 0 Å². The summed E-state index contributed by atoms with van der Waals surface area (Å²) >= 11 is 0. The minimum Gasteiger partial charge on any atom is -0.492 e. The van der Waals surface area contributed by atoms with Gasteiger partial charge in [-0.3, -0.25) is 4.90 Å². The van der Waals surface area contributed by atoms with Crippen LogP contribution in [0.25, 0.3) is 6.08 Å². The second-order valence-electron chi connectivity index (χ2n) is 7.43. The number of benzene rings is 2. The van der Waals surface area contributed by atoms with Crippen molar-refractivity contribution < 1.29 is 9.47 Å². The van der Waals surface area contributed by atoms with Gasteiger partial charge in [0.05, 0.1) is 0 Å². The first kappa shape index (κ1) is 18.1. The van der Waals surface area contributed by atoms with E-state index in [0.29, 0.717) is 0 Å². The van der Waals surface area contributed by atoms with E-state index in [-0.39, 0.29) is 6.10 Å². The molecular weight excluding hydrogens is 334 g/mol. The first-order chi connectivity index (χ1) is 13.3. The number of likely N-dealkylation sites (tertiary alicyclic amines) is 1. The quantitative estimate of drug-likeness (QED) is 0.678. The Morgan fingerprint density at radius 2 is 1.78 bits per heavy atom. The highest BCUT2D eigenvalue weighted by Gasteiger charge is 2.23. The van der Waals surface area contributed by atoms with E-state index in [2.05, 4.69) is 54.3 Å². The van der Waals surface area contributed by atoms with Crippen molar-refractivity contribution in [1.29, 1.82) is 0 Å². The third-order valence-corrected chi connectivity index (χ3v) is 5.56. The average Bonchev–Trinajstić information content (AvgIpc) is 2.74. The second kappa shape index (κ2) is 8.62. The van der Waals surface area contributed by atoms with Crippen LogP contribution in [0.5, 0.6) is 11.5 Å². The largest absolute Gasteiger partial charge is 0.492 e. The van der Waals surface area contributed by atoms with Crippen molar-refractivity contribution >= 4 is 6.08 Å². The van der Waals surface area contributed by atoms with Crippen molar-refractivity contribution in [2.24, 2.45) is 0 Å². The number of nitrogens with zero attached hydrogens (tertiary/aromatic N) is 1. The van der Waals surface area contributed by atoms with Gasteiger partial charge in [0.25, 0.3) is 0 Å². The molecule has 0 amide bonds. The second-order valence-corrected chi connectivity index (χ2v) is 7.43.